The molecule has 0 aromatic heterocycles. The average molecular weight is 366 g/mol. The van der Waals surface area contributed by atoms with Gasteiger partial charge in [0, 0.05) is 47.0 Å². The van der Waals surface area contributed by atoms with Crippen LogP contribution in [0.2, 0.25) is 0 Å². The lowest BCUT2D eigenvalue weighted by Crippen LogP contribution is -2.46. The Balaban J connectivity index is 1.93. The molecule has 0 saturated carbocycles. The molecular weight excluding hydrogens is 334 g/mol. The van der Waals surface area contributed by atoms with E-state index in [-0.39, 0.29) is 22.2 Å². The largest absolute Gasteiger partial charge is 0.327 e. The van der Waals surface area contributed by atoms with Crippen molar-refractivity contribution in [2.75, 3.05) is 0 Å². The fourth-order valence-electron chi connectivity index (χ4n) is 5.26. The van der Waals surface area contributed by atoms with E-state index in [1.165, 1.54) is 12.8 Å². The molecule has 0 aromatic rings. The predicted octanol–water partition coefficient (Wildman–Crippen LogP) is 5.62. The summed E-state index contributed by atoms with van der Waals surface area (Å²) in [7, 11) is -0.820. The lowest BCUT2D eigenvalue weighted by Gasteiger charge is -2.46. The van der Waals surface area contributed by atoms with Crippen molar-refractivity contribution in [3.8, 4) is 0 Å². The summed E-state index contributed by atoms with van der Waals surface area (Å²) in [6.07, 6.45) is 11.9. The van der Waals surface area contributed by atoms with E-state index in [1.807, 2.05) is 0 Å². The molecule has 0 aliphatic carbocycles. The van der Waals surface area contributed by atoms with Crippen LogP contribution in [0.4, 0.5) is 0 Å². The summed E-state index contributed by atoms with van der Waals surface area (Å²) in [5, 5.41) is 0. The SMILES string of the molecule is CC1(C)CC(C)(C)N2C=CN3P2P2N1C=CN2C(C)(C)CC3(C)C. The molecule has 0 unspecified atom stereocenters. The molecule has 0 bridgehead atoms. The zero-order valence-electron chi connectivity index (χ0n) is 16.4. The quantitative estimate of drug-likeness (QED) is 0.516. The maximum atomic E-state index is 2.72. The Morgan fingerprint density at radius 2 is 0.708 bits per heavy atom. The maximum absolute atomic E-state index is 2.72. The standard InChI is InChI=1S/C18H32N4P2/c1-15(2)13-16(3,4)20-11-12-22-18(7,8)14-17(5,6)21-10-9-19(15)23(21)24(20)22/h9-12H,13-14H2,1-8H3. The third-order valence-corrected chi connectivity index (χ3v) is 13.7. The molecule has 4 aliphatic heterocycles. The molecule has 0 amide bonds. The fourth-order valence-corrected chi connectivity index (χ4v) is 15.0. The van der Waals surface area contributed by atoms with E-state index in [0.717, 1.165) is 0 Å². The van der Waals surface area contributed by atoms with Crippen LogP contribution in [0.3, 0.4) is 0 Å². The molecule has 0 N–H and O–H groups in total. The second kappa shape index (κ2) is 4.63. The Kier molecular flexibility index (Phi) is 3.27. The summed E-state index contributed by atoms with van der Waals surface area (Å²) in [6.45, 7) is 19.4. The maximum Gasteiger partial charge on any atom is 0.166 e. The lowest BCUT2D eigenvalue weighted by atomic mass is 9.86. The van der Waals surface area contributed by atoms with E-state index in [0.29, 0.717) is 0 Å². The smallest absolute Gasteiger partial charge is 0.166 e. The number of hydrogen-bond acceptors (Lipinski definition) is 4. The van der Waals surface area contributed by atoms with Gasteiger partial charge in [0.2, 0.25) is 0 Å². The summed E-state index contributed by atoms with van der Waals surface area (Å²) in [5.41, 5.74) is 0.711. The molecule has 0 atom stereocenters. The predicted molar refractivity (Wildman–Crippen MR) is 105 cm³/mol. The van der Waals surface area contributed by atoms with Crippen LogP contribution in [-0.4, -0.2) is 40.8 Å². The van der Waals surface area contributed by atoms with Crippen molar-refractivity contribution in [2.24, 2.45) is 0 Å². The van der Waals surface area contributed by atoms with Crippen molar-refractivity contribution >= 4 is 15.8 Å². The van der Waals surface area contributed by atoms with Gasteiger partial charge in [0.25, 0.3) is 0 Å². The van der Waals surface area contributed by atoms with Crippen molar-refractivity contribution in [3.05, 3.63) is 24.8 Å². The molecule has 2 fully saturated rings. The molecule has 4 nitrogen and oxygen atoms in total. The third kappa shape index (κ3) is 2.12. The Morgan fingerprint density at radius 1 is 0.500 bits per heavy atom. The van der Waals surface area contributed by atoms with E-state index >= 15 is 0 Å². The minimum absolute atomic E-state index is 0.178. The molecule has 0 radical (unpaired) electrons. The van der Waals surface area contributed by atoms with Gasteiger partial charge in [0.15, 0.2) is 15.8 Å². The van der Waals surface area contributed by atoms with Gasteiger partial charge in [-0.05, 0) is 68.2 Å². The van der Waals surface area contributed by atoms with Crippen molar-refractivity contribution in [2.45, 2.75) is 90.4 Å². The highest BCUT2D eigenvalue weighted by Gasteiger charge is 2.61. The number of rotatable bonds is 0. The highest BCUT2D eigenvalue weighted by atomic mass is 32.1. The van der Waals surface area contributed by atoms with Gasteiger partial charge in [-0.25, -0.2) is 0 Å². The highest BCUT2D eigenvalue weighted by molar-refractivity contribution is 8.26. The first-order valence-corrected chi connectivity index (χ1v) is 12.2. The topological polar surface area (TPSA) is 13.0 Å². The summed E-state index contributed by atoms with van der Waals surface area (Å²) in [4.78, 5) is 0. The molecule has 2 saturated heterocycles. The van der Waals surface area contributed by atoms with Crippen LogP contribution in [0.25, 0.3) is 0 Å². The Labute approximate surface area is 150 Å². The first-order valence-electron chi connectivity index (χ1n) is 9.01. The Morgan fingerprint density at radius 3 is 0.917 bits per heavy atom. The molecule has 0 spiro atoms. The van der Waals surface area contributed by atoms with Gasteiger partial charge in [-0.1, -0.05) is 0 Å². The van der Waals surface area contributed by atoms with Crippen LogP contribution in [0, 0.1) is 0 Å². The normalized spacial score (nSPS) is 36.7. The summed E-state index contributed by atoms with van der Waals surface area (Å²) in [5.74, 6) is 0. The van der Waals surface area contributed by atoms with Gasteiger partial charge >= 0.3 is 0 Å². The third-order valence-electron chi connectivity index (χ3n) is 5.84. The van der Waals surface area contributed by atoms with Gasteiger partial charge in [0.1, 0.15) is 0 Å². The van der Waals surface area contributed by atoms with Crippen molar-refractivity contribution < 1.29 is 0 Å². The van der Waals surface area contributed by atoms with Gasteiger partial charge in [-0.15, -0.1) is 0 Å². The van der Waals surface area contributed by atoms with Crippen LogP contribution in [0.5, 0.6) is 0 Å². The van der Waals surface area contributed by atoms with Crippen molar-refractivity contribution in [3.63, 3.8) is 0 Å². The van der Waals surface area contributed by atoms with Crippen LogP contribution >= 0.6 is 15.8 Å². The minimum Gasteiger partial charge on any atom is -0.327 e. The summed E-state index contributed by atoms with van der Waals surface area (Å²) < 4.78 is 10.9. The second-order valence-corrected chi connectivity index (χ2v) is 15.1. The molecular formula is C18H32N4P2. The van der Waals surface area contributed by atoms with Crippen molar-refractivity contribution in [1.82, 2.24) is 18.7 Å². The Hall–Kier alpha value is -0.460. The van der Waals surface area contributed by atoms with E-state index < -0.39 is 15.8 Å². The van der Waals surface area contributed by atoms with E-state index in [4.69, 9.17) is 0 Å². The van der Waals surface area contributed by atoms with Crippen molar-refractivity contribution in [1.29, 1.82) is 0 Å². The second-order valence-electron chi connectivity index (χ2n) is 10.1. The van der Waals surface area contributed by atoms with E-state index in [2.05, 4.69) is 98.9 Å². The molecule has 4 heterocycles. The van der Waals surface area contributed by atoms with Crippen LogP contribution in [-0.2, 0) is 0 Å². The van der Waals surface area contributed by atoms with Gasteiger partial charge in [-0.3, -0.25) is 0 Å². The van der Waals surface area contributed by atoms with Crippen LogP contribution in [0.1, 0.15) is 68.2 Å². The zero-order chi connectivity index (χ0) is 17.7. The average Bonchev–Trinajstić information content (AvgIpc) is 2.97. The number of hydrogen-bond donors (Lipinski definition) is 0. The molecule has 0 aromatic carbocycles. The monoisotopic (exact) mass is 366 g/mol. The lowest BCUT2D eigenvalue weighted by molar-refractivity contribution is 0.167. The molecule has 24 heavy (non-hydrogen) atoms. The Bertz CT molecular complexity index is 521. The van der Waals surface area contributed by atoms with Gasteiger partial charge in [-0.2, -0.15) is 0 Å². The van der Waals surface area contributed by atoms with E-state index in [9.17, 15) is 0 Å². The first-order chi connectivity index (χ1) is 10.9. The summed E-state index contributed by atoms with van der Waals surface area (Å²) >= 11 is 0. The van der Waals surface area contributed by atoms with Gasteiger partial charge < -0.3 is 18.7 Å². The molecule has 6 heteroatoms. The molecule has 4 aliphatic rings. The van der Waals surface area contributed by atoms with Crippen LogP contribution < -0.4 is 0 Å². The highest BCUT2D eigenvalue weighted by Crippen LogP contribution is 2.86. The first kappa shape index (κ1) is 17.0. The molecule has 4 rings (SSSR count). The zero-order valence-corrected chi connectivity index (χ0v) is 18.2. The molecule has 134 valence electrons. The number of nitrogens with zero attached hydrogens (tertiary/aromatic N) is 4. The van der Waals surface area contributed by atoms with Crippen LogP contribution in [0.15, 0.2) is 24.8 Å². The summed E-state index contributed by atoms with van der Waals surface area (Å²) in [6, 6.07) is 0. The van der Waals surface area contributed by atoms with E-state index in [1.54, 1.807) is 0 Å². The fraction of sp³-hybridized carbons (Fsp3) is 0.778. The van der Waals surface area contributed by atoms with Gasteiger partial charge in [0.05, 0.1) is 0 Å². The minimum atomic E-state index is -0.410.